The molecule has 1 fully saturated rings. The van der Waals surface area contributed by atoms with Gasteiger partial charge in [0.25, 0.3) is 0 Å². The maximum atomic E-state index is 13.9. The molecule has 0 spiro atoms. The quantitative estimate of drug-likeness (QED) is 0.900. The van der Waals surface area contributed by atoms with Crippen LogP contribution in [0.5, 0.6) is 0 Å². The van der Waals surface area contributed by atoms with Gasteiger partial charge < -0.3 is 14.9 Å². The van der Waals surface area contributed by atoms with Crippen molar-refractivity contribution in [1.82, 2.24) is 4.90 Å². The van der Waals surface area contributed by atoms with Crippen LogP contribution in [0.25, 0.3) is 0 Å². The van der Waals surface area contributed by atoms with E-state index >= 15 is 0 Å². The van der Waals surface area contributed by atoms with Crippen molar-refractivity contribution in [3.05, 3.63) is 29.6 Å². The maximum Gasteiger partial charge on any atom is 0.219 e. The van der Waals surface area contributed by atoms with Gasteiger partial charge in [-0.3, -0.25) is 4.79 Å². The number of hydrogen-bond donors (Lipinski definition) is 1. The normalized spacial score (nSPS) is 17.8. The van der Waals surface area contributed by atoms with E-state index in [9.17, 15) is 14.3 Å². The van der Waals surface area contributed by atoms with E-state index in [1.807, 2.05) is 11.0 Å². The van der Waals surface area contributed by atoms with Gasteiger partial charge >= 0.3 is 0 Å². The van der Waals surface area contributed by atoms with Crippen molar-refractivity contribution < 1.29 is 14.3 Å². The van der Waals surface area contributed by atoms with Crippen molar-refractivity contribution in [3.8, 4) is 0 Å². The average Bonchev–Trinajstić information content (AvgIpc) is 2.63. The summed E-state index contributed by atoms with van der Waals surface area (Å²) in [7, 11) is 0. The van der Waals surface area contributed by atoms with Crippen molar-refractivity contribution in [2.24, 2.45) is 0 Å². The fourth-order valence-corrected chi connectivity index (χ4v) is 2.69. The Balaban J connectivity index is 2.24. The number of aliphatic hydroxyl groups excluding tert-OH is 1. The molecule has 4 nitrogen and oxygen atoms in total. The van der Waals surface area contributed by atoms with Gasteiger partial charge in [-0.1, -0.05) is 6.07 Å². The van der Waals surface area contributed by atoms with Crippen LogP contribution in [0, 0.1) is 5.82 Å². The lowest BCUT2D eigenvalue weighted by molar-refractivity contribution is -0.128. The van der Waals surface area contributed by atoms with Crippen molar-refractivity contribution in [3.63, 3.8) is 0 Å². The fourth-order valence-electron chi connectivity index (χ4n) is 2.69. The number of anilines is 1. The molecule has 0 bridgehead atoms. The van der Waals surface area contributed by atoms with Crippen LogP contribution < -0.4 is 4.90 Å². The van der Waals surface area contributed by atoms with Crippen LogP contribution in [0.3, 0.4) is 0 Å². The Morgan fingerprint density at radius 2 is 2.05 bits per heavy atom. The molecule has 1 saturated heterocycles. The van der Waals surface area contributed by atoms with E-state index in [2.05, 4.69) is 0 Å². The van der Waals surface area contributed by atoms with E-state index in [0.717, 1.165) is 25.2 Å². The lowest BCUT2D eigenvalue weighted by Crippen LogP contribution is -2.34. The molecule has 1 heterocycles. The van der Waals surface area contributed by atoms with Gasteiger partial charge in [-0.25, -0.2) is 4.39 Å². The zero-order chi connectivity index (χ0) is 14.7. The molecule has 2 rings (SSSR count). The Labute approximate surface area is 118 Å². The van der Waals surface area contributed by atoms with E-state index in [0.29, 0.717) is 18.7 Å². The minimum Gasteiger partial charge on any atom is -0.389 e. The molecule has 110 valence electrons. The molecular formula is C15H21FN2O2. The molecular weight excluding hydrogens is 259 g/mol. The highest BCUT2D eigenvalue weighted by Crippen LogP contribution is 2.29. The molecule has 0 radical (unpaired) electrons. The van der Waals surface area contributed by atoms with Crippen molar-refractivity contribution in [2.45, 2.75) is 26.4 Å². The summed E-state index contributed by atoms with van der Waals surface area (Å²) in [5.41, 5.74) is 1.06. The third kappa shape index (κ3) is 3.10. The Kier molecular flexibility index (Phi) is 4.60. The van der Waals surface area contributed by atoms with Gasteiger partial charge in [-0.2, -0.15) is 0 Å². The van der Waals surface area contributed by atoms with Crippen molar-refractivity contribution in [1.29, 1.82) is 0 Å². The number of nitrogens with zero attached hydrogens (tertiary/aromatic N) is 2. The molecule has 1 aliphatic rings. The van der Waals surface area contributed by atoms with E-state index in [4.69, 9.17) is 0 Å². The number of halogens is 1. The smallest absolute Gasteiger partial charge is 0.219 e. The summed E-state index contributed by atoms with van der Waals surface area (Å²) in [6.07, 6.45) is -0.00614. The molecule has 0 aliphatic carbocycles. The van der Waals surface area contributed by atoms with Crippen LogP contribution in [-0.4, -0.2) is 42.1 Å². The molecule has 20 heavy (non-hydrogen) atoms. The second-order valence-corrected chi connectivity index (χ2v) is 5.20. The summed E-state index contributed by atoms with van der Waals surface area (Å²) in [5, 5.41) is 9.80. The third-order valence-electron chi connectivity index (χ3n) is 3.73. The van der Waals surface area contributed by atoms with Crippen LogP contribution in [0.4, 0.5) is 10.1 Å². The second kappa shape index (κ2) is 6.22. The Morgan fingerprint density at radius 1 is 1.30 bits per heavy atom. The van der Waals surface area contributed by atoms with Gasteiger partial charge in [-0.05, 0) is 25.5 Å². The molecule has 0 aromatic heterocycles. The summed E-state index contributed by atoms with van der Waals surface area (Å²) in [6.45, 7) is 5.91. The first-order valence-corrected chi connectivity index (χ1v) is 6.97. The first-order chi connectivity index (χ1) is 9.50. The zero-order valence-corrected chi connectivity index (χ0v) is 12.0. The van der Waals surface area contributed by atoms with E-state index in [1.54, 1.807) is 24.8 Å². The minimum absolute atomic E-state index is 0.0711. The molecule has 1 aromatic carbocycles. The largest absolute Gasteiger partial charge is 0.389 e. The van der Waals surface area contributed by atoms with Crippen LogP contribution in [-0.2, 0) is 4.79 Å². The standard InChI is InChI=1S/C15H21FN2O2/c1-11(19)15-13(16)5-3-6-14(15)18-8-4-7-17(9-10-18)12(2)20/h3,5-6,11,19H,4,7-10H2,1-2H3. The van der Waals surface area contributed by atoms with Gasteiger partial charge in [0.2, 0.25) is 5.91 Å². The summed E-state index contributed by atoms with van der Waals surface area (Å²) in [4.78, 5) is 15.3. The predicted octanol–water partition coefficient (Wildman–Crippen LogP) is 1.94. The van der Waals surface area contributed by atoms with Gasteiger partial charge in [0.15, 0.2) is 0 Å². The summed E-state index contributed by atoms with van der Waals surface area (Å²) in [6, 6.07) is 4.85. The lowest BCUT2D eigenvalue weighted by Gasteiger charge is -2.26. The number of amides is 1. The summed E-state index contributed by atoms with van der Waals surface area (Å²) >= 11 is 0. The maximum absolute atomic E-state index is 13.9. The summed E-state index contributed by atoms with van der Waals surface area (Å²) < 4.78 is 13.9. The molecule has 1 aromatic rings. The molecule has 1 aliphatic heterocycles. The fraction of sp³-hybridized carbons (Fsp3) is 0.533. The Morgan fingerprint density at radius 3 is 2.70 bits per heavy atom. The number of aliphatic hydroxyl groups is 1. The lowest BCUT2D eigenvalue weighted by atomic mass is 10.1. The Hall–Kier alpha value is -1.62. The first kappa shape index (κ1) is 14.8. The number of rotatable bonds is 2. The second-order valence-electron chi connectivity index (χ2n) is 5.20. The Bertz CT molecular complexity index is 491. The highest BCUT2D eigenvalue weighted by atomic mass is 19.1. The van der Waals surface area contributed by atoms with Crippen LogP contribution in [0.1, 0.15) is 31.9 Å². The van der Waals surface area contributed by atoms with E-state index in [-0.39, 0.29) is 11.7 Å². The van der Waals surface area contributed by atoms with Crippen LogP contribution in [0.2, 0.25) is 0 Å². The molecule has 1 atom stereocenters. The molecule has 0 saturated carbocycles. The van der Waals surface area contributed by atoms with Gasteiger partial charge in [-0.15, -0.1) is 0 Å². The molecule has 1 amide bonds. The number of benzene rings is 1. The average molecular weight is 280 g/mol. The third-order valence-corrected chi connectivity index (χ3v) is 3.73. The topological polar surface area (TPSA) is 43.8 Å². The summed E-state index contributed by atoms with van der Waals surface area (Å²) in [5.74, 6) is -0.313. The van der Waals surface area contributed by atoms with E-state index < -0.39 is 6.10 Å². The number of carbonyl (C=O) groups excluding carboxylic acids is 1. The van der Waals surface area contributed by atoms with Crippen LogP contribution >= 0.6 is 0 Å². The molecule has 1 unspecified atom stereocenters. The first-order valence-electron chi connectivity index (χ1n) is 6.97. The number of carbonyl (C=O) groups is 1. The van der Waals surface area contributed by atoms with Gasteiger partial charge in [0.1, 0.15) is 5.82 Å². The highest BCUT2D eigenvalue weighted by Gasteiger charge is 2.21. The monoisotopic (exact) mass is 280 g/mol. The number of hydrogen-bond acceptors (Lipinski definition) is 3. The van der Waals surface area contributed by atoms with E-state index in [1.165, 1.54) is 6.07 Å². The van der Waals surface area contributed by atoms with Crippen LogP contribution in [0.15, 0.2) is 18.2 Å². The molecule has 1 N–H and O–H groups in total. The van der Waals surface area contributed by atoms with Gasteiger partial charge in [0, 0.05) is 44.4 Å². The highest BCUT2D eigenvalue weighted by molar-refractivity contribution is 5.73. The minimum atomic E-state index is -0.849. The van der Waals surface area contributed by atoms with Crippen molar-refractivity contribution >= 4 is 11.6 Å². The molecule has 5 heteroatoms. The SMILES string of the molecule is CC(=O)N1CCCN(c2cccc(F)c2C(C)O)CC1. The van der Waals surface area contributed by atoms with Gasteiger partial charge in [0.05, 0.1) is 6.10 Å². The zero-order valence-electron chi connectivity index (χ0n) is 12.0. The van der Waals surface area contributed by atoms with Crippen molar-refractivity contribution in [2.75, 3.05) is 31.1 Å². The predicted molar refractivity (Wildman–Crippen MR) is 76.1 cm³/mol.